The van der Waals surface area contributed by atoms with E-state index in [2.05, 4.69) is 39.1 Å². The fourth-order valence-corrected chi connectivity index (χ4v) is 2.77. The van der Waals surface area contributed by atoms with Crippen molar-refractivity contribution < 1.29 is 5.11 Å². The highest BCUT2D eigenvalue weighted by molar-refractivity contribution is 5.30. The Balaban J connectivity index is 1.63. The first-order chi connectivity index (χ1) is 9.83. The van der Waals surface area contributed by atoms with Crippen LogP contribution < -0.4 is 4.90 Å². The second-order valence-corrected chi connectivity index (χ2v) is 5.30. The van der Waals surface area contributed by atoms with Gasteiger partial charge in [-0.15, -0.1) is 0 Å². The minimum atomic E-state index is -0.326. The zero-order chi connectivity index (χ0) is 13.8. The Bertz CT molecular complexity index is 532. The number of benzene rings is 1. The van der Waals surface area contributed by atoms with Crippen molar-refractivity contribution in [1.82, 2.24) is 9.97 Å². The molecule has 1 N–H and O–H groups in total. The van der Waals surface area contributed by atoms with Crippen molar-refractivity contribution in [2.75, 3.05) is 18.0 Å². The van der Waals surface area contributed by atoms with Crippen LogP contribution in [-0.2, 0) is 6.42 Å². The predicted octanol–water partition coefficient (Wildman–Crippen LogP) is 1.91. The molecule has 1 fully saturated rings. The summed E-state index contributed by atoms with van der Waals surface area (Å²) in [7, 11) is 0. The summed E-state index contributed by atoms with van der Waals surface area (Å²) >= 11 is 0. The van der Waals surface area contributed by atoms with Crippen LogP contribution in [0.1, 0.15) is 12.0 Å². The smallest absolute Gasteiger partial charge is 0.225 e. The molecule has 3 rings (SSSR count). The van der Waals surface area contributed by atoms with E-state index in [9.17, 15) is 5.11 Å². The van der Waals surface area contributed by atoms with Crippen LogP contribution in [0.4, 0.5) is 5.95 Å². The van der Waals surface area contributed by atoms with Gasteiger partial charge in [0.15, 0.2) is 0 Å². The van der Waals surface area contributed by atoms with E-state index in [1.165, 1.54) is 5.56 Å². The summed E-state index contributed by atoms with van der Waals surface area (Å²) in [6.45, 7) is 1.51. The lowest BCUT2D eigenvalue weighted by molar-refractivity contribution is 0.0924. The van der Waals surface area contributed by atoms with Gasteiger partial charge in [0.2, 0.25) is 5.95 Å². The van der Waals surface area contributed by atoms with Crippen LogP contribution in [0.2, 0.25) is 0 Å². The highest BCUT2D eigenvalue weighted by Gasteiger charge is 2.28. The molecule has 0 unspecified atom stereocenters. The Labute approximate surface area is 119 Å². The molecule has 1 aliphatic heterocycles. The number of aliphatic hydroxyl groups excluding tert-OH is 1. The van der Waals surface area contributed by atoms with E-state index in [0.29, 0.717) is 18.4 Å². The summed E-state index contributed by atoms with van der Waals surface area (Å²) in [4.78, 5) is 10.6. The number of piperidine rings is 1. The highest BCUT2D eigenvalue weighted by atomic mass is 16.3. The Morgan fingerprint density at radius 3 is 2.55 bits per heavy atom. The summed E-state index contributed by atoms with van der Waals surface area (Å²) in [5.41, 5.74) is 1.29. The van der Waals surface area contributed by atoms with E-state index in [-0.39, 0.29) is 6.10 Å². The van der Waals surface area contributed by atoms with Gasteiger partial charge in [-0.1, -0.05) is 30.3 Å². The molecule has 0 saturated carbocycles. The Kier molecular flexibility index (Phi) is 3.92. The largest absolute Gasteiger partial charge is 0.391 e. The van der Waals surface area contributed by atoms with Gasteiger partial charge >= 0.3 is 0 Å². The lowest BCUT2D eigenvalue weighted by Gasteiger charge is -2.36. The quantitative estimate of drug-likeness (QED) is 0.924. The molecule has 1 aromatic heterocycles. The molecular weight excluding hydrogens is 250 g/mol. The molecule has 2 aromatic rings. The minimum absolute atomic E-state index is 0.317. The fraction of sp³-hybridized carbons (Fsp3) is 0.375. The van der Waals surface area contributed by atoms with Gasteiger partial charge in [-0.05, 0) is 30.4 Å². The third kappa shape index (κ3) is 2.96. The third-order valence-electron chi connectivity index (χ3n) is 3.90. The van der Waals surface area contributed by atoms with Gasteiger partial charge in [0, 0.05) is 25.5 Å². The highest BCUT2D eigenvalue weighted by Crippen LogP contribution is 2.24. The Morgan fingerprint density at radius 1 is 1.10 bits per heavy atom. The van der Waals surface area contributed by atoms with Gasteiger partial charge in [0.1, 0.15) is 0 Å². The molecule has 0 aliphatic carbocycles. The van der Waals surface area contributed by atoms with Crippen molar-refractivity contribution in [3.63, 3.8) is 0 Å². The van der Waals surface area contributed by atoms with E-state index in [1.807, 2.05) is 12.1 Å². The summed E-state index contributed by atoms with van der Waals surface area (Å²) in [6, 6.07) is 12.2. The summed E-state index contributed by atoms with van der Waals surface area (Å²) in [5.74, 6) is 1.03. The molecule has 2 atom stereocenters. The van der Waals surface area contributed by atoms with Crippen molar-refractivity contribution in [3.8, 4) is 0 Å². The molecule has 1 aromatic carbocycles. The molecule has 20 heavy (non-hydrogen) atoms. The summed E-state index contributed by atoms with van der Waals surface area (Å²) < 4.78 is 0. The van der Waals surface area contributed by atoms with Crippen LogP contribution in [0, 0.1) is 5.92 Å². The van der Waals surface area contributed by atoms with Crippen molar-refractivity contribution in [2.45, 2.75) is 18.9 Å². The molecule has 2 heterocycles. The first-order valence-electron chi connectivity index (χ1n) is 7.07. The number of hydrogen-bond donors (Lipinski definition) is 1. The van der Waals surface area contributed by atoms with Gasteiger partial charge in [-0.25, -0.2) is 9.97 Å². The lowest BCUT2D eigenvalue weighted by Crippen LogP contribution is -2.45. The topological polar surface area (TPSA) is 49.2 Å². The summed E-state index contributed by atoms with van der Waals surface area (Å²) in [5, 5.41) is 10.4. The zero-order valence-electron chi connectivity index (χ0n) is 11.4. The first-order valence-corrected chi connectivity index (χ1v) is 7.07. The maximum Gasteiger partial charge on any atom is 0.225 e. The number of anilines is 1. The normalized spacial score (nSPS) is 22.8. The van der Waals surface area contributed by atoms with E-state index >= 15 is 0 Å². The Hall–Kier alpha value is -1.94. The number of rotatable bonds is 3. The predicted molar refractivity (Wildman–Crippen MR) is 78.5 cm³/mol. The molecule has 1 aliphatic rings. The Morgan fingerprint density at radius 2 is 1.85 bits per heavy atom. The van der Waals surface area contributed by atoms with Gasteiger partial charge < -0.3 is 10.0 Å². The standard InChI is InChI=1S/C16H19N3O/c20-15-12-19(16-17-8-4-9-18-16)10-7-14(15)11-13-5-2-1-3-6-13/h1-6,8-9,14-15,20H,7,10-12H2/t14-,15-/m1/s1. The monoisotopic (exact) mass is 269 g/mol. The van der Waals surface area contributed by atoms with E-state index < -0.39 is 0 Å². The first kappa shape index (κ1) is 13.1. The average molecular weight is 269 g/mol. The second kappa shape index (κ2) is 6.01. The van der Waals surface area contributed by atoms with Gasteiger partial charge in [0.25, 0.3) is 0 Å². The van der Waals surface area contributed by atoms with Crippen LogP contribution in [0.25, 0.3) is 0 Å². The van der Waals surface area contributed by atoms with Crippen molar-refractivity contribution in [3.05, 3.63) is 54.4 Å². The SMILES string of the molecule is O[C@@H]1CN(c2ncccn2)CC[C@@H]1Cc1ccccc1. The molecular formula is C16H19N3O. The van der Waals surface area contributed by atoms with E-state index in [1.54, 1.807) is 12.4 Å². The van der Waals surface area contributed by atoms with Crippen molar-refractivity contribution >= 4 is 5.95 Å². The number of β-amino-alcohol motifs (C(OH)–C–C–N with tert-alkyl or cyclic N) is 1. The second-order valence-electron chi connectivity index (χ2n) is 5.30. The van der Waals surface area contributed by atoms with Crippen molar-refractivity contribution in [1.29, 1.82) is 0 Å². The van der Waals surface area contributed by atoms with E-state index in [0.717, 1.165) is 19.4 Å². The molecule has 0 bridgehead atoms. The number of hydrogen-bond acceptors (Lipinski definition) is 4. The maximum absolute atomic E-state index is 10.4. The molecule has 0 spiro atoms. The third-order valence-corrected chi connectivity index (χ3v) is 3.90. The van der Waals surface area contributed by atoms with Gasteiger partial charge in [-0.2, -0.15) is 0 Å². The number of aromatic nitrogens is 2. The molecule has 1 saturated heterocycles. The zero-order valence-corrected chi connectivity index (χ0v) is 11.4. The molecule has 4 heteroatoms. The fourth-order valence-electron chi connectivity index (χ4n) is 2.77. The van der Waals surface area contributed by atoms with Crippen LogP contribution in [0.15, 0.2) is 48.8 Å². The number of nitrogens with zero attached hydrogens (tertiary/aromatic N) is 3. The maximum atomic E-state index is 10.4. The van der Waals surface area contributed by atoms with E-state index in [4.69, 9.17) is 0 Å². The lowest BCUT2D eigenvalue weighted by atomic mass is 9.88. The number of aliphatic hydroxyl groups is 1. The molecule has 104 valence electrons. The van der Waals surface area contributed by atoms with Crippen LogP contribution in [-0.4, -0.2) is 34.3 Å². The molecule has 0 amide bonds. The van der Waals surface area contributed by atoms with Crippen molar-refractivity contribution in [2.24, 2.45) is 5.92 Å². The van der Waals surface area contributed by atoms with Crippen LogP contribution in [0.5, 0.6) is 0 Å². The van der Waals surface area contributed by atoms with Gasteiger partial charge in [0.05, 0.1) is 6.10 Å². The van der Waals surface area contributed by atoms with Gasteiger partial charge in [-0.3, -0.25) is 0 Å². The molecule has 0 radical (unpaired) electrons. The van der Waals surface area contributed by atoms with Crippen LogP contribution in [0.3, 0.4) is 0 Å². The minimum Gasteiger partial charge on any atom is -0.391 e. The summed E-state index contributed by atoms with van der Waals surface area (Å²) in [6.07, 6.45) is 5.06. The van der Waals surface area contributed by atoms with Crippen LogP contribution >= 0.6 is 0 Å². The average Bonchev–Trinajstić information content (AvgIpc) is 2.51. The molecule has 4 nitrogen and oxygen atoms in total.